The number of nitrogens with zero attached hydrogens (tertiary/aromatic N) is 1. The minimum atomic E-state index is -0.225. The van der Waals surface area contributed by atoms with E-state index in [0.29, 0.717) is 24.6 Å². The van der Waals surface area contributed by atoms with E-state index in [0.717, 1.165) is 47.4 Å². The van der Waals surface area contributed by atoms with Gasteiger partial charge in [0.2, 0.25) is 12.5 Å². The molecule has 3 aliphatic rings. The largest absolute Gasteiger partial charge is 0.492 e. The van der Waals surface area contributed by atoms with E-state index >= 15 is 0 Å². The summed E-state index contributed by atoms with van der Waals surface area (Å²) in [5.41, 5.74) is 2.10. The molecule has 3 aliphatic heterocycles. The number of benzene rings is 1. The molecule has 1 aromatic rings. The van der Waals surface area contributed by atoms with Crippen molar-refractivity contribution in [1.29, 1.82) is 0 Å². The average Bonchev–Trinajstić information content (AvgIpc) is 3.09. The Morgan fingerprint density at radius 1 is 1.32 bits per heavy atom. The number of quaternary nitrogens is 1. The molecule has 0 aliphatic carbocycles. The van der Waals surface area contributed by atoms with E-state index in [9.17, 15) is 4.79 Å². The SMILES string of the molecule is COc1c2c(cc3c1[C@@H](CC(=O)[C@@H]1CCOC(C)(C)C1)[N+](C)(C)CC3)OCO2. The second-order valence-corrected chi connectivity index (χ2v) is 9.45. The molecule has 0 aromatic heterocycles. The van der Waals surface area contributed by atoms with Crippen LogP contribution in [0.2, 0.25) is 0 Å². The van der Waals surface area contributed by atoms with E-state index in [-0.39, 0.29) is 24.4 Å². The highest BCUT2D eigenvalue weighted by atomic mass is 16.7. The lowest BCUT2D eigenvalue weighted by Crippen LogP contribution is -2.49. The van der Waals surface area contributed by atoms with Crippen LogP contribution in [0.5, 0.6) is 17.2 Å². The van der Waals surface area contributed by atoms with Crippen molar-refractivity contribution >= 4 is 5.78 Å². The summed E-state index contributed by atoms with van der Waals surface area (Å²) in [4.78, 5) is 13.3. The number of ketones is 1. The Hall–Kier alpha value is -1.79. The number of methoxy groups -OCH3 is 1. The van der Waals surface area contributed by atoms with Gasteiger partial charge in [-0.3, -0.25) is 4.79 Å². The van der Waals surface area contributed by atoms with Gasteiger partial charge in [-0.1, -0.05) is 0 Å². The molecule has 28 heavy (non-hydrogen) atoms. The fourth-order valence-corrected chi connectivity index (χ4v) is 4.98. The predicted octanol–water partition coefficient (Wildman–Crippen LogP) is 3.26. The van der Waals surface area contributed by atoms with Gasteiger partial charge >= 0.3 is 0 Å². The summed E-state index contributed by atoms with van der Waals surface area (Å²) in [7, 11) is 6.09. The number of rotatable bonds is 4. The fraction of sp³-hybridized carbons (Fsp3) is 0.682. The van der Waals surface area contributed by atoms with Crippen LogP contribution in [0, 0.1) is 5.92 Å². The Bertz CT molecular complexity index is 786. The molecular weight excluding hydrogens is 358 g/mol. The van der Waals surface area contributed by atoms with E-state index in [1.165, 1.54) is 5.56 Å². The van der Waals surface area contributed by atoms with Crippen molar-refractivity contribution in [3.63, 3.8) is 0 Å². The highest BCUT2D eigenvalue weighted by Gasteiger charge is 2.44. The van der Waals surface area contributed by atoms with Gasteiger partial charge in [-0.2, -0.15) is 0 Å². The van der Waals surface area contributed by atoms with Crippen LogP contribution in [0.25, 0.3) is 0 Å². The Labute approximate surface area is 167 Å². The number of carbonyl (C=O) groups excluding carboxylic acids is 1. The summed E-state index contributed by atoms with van der Waals surface area (Å²) in [5.74, 6) is 2.56. The average molecular weight is 391 g/mol. The lowest BCUT2D eigenvalue weighted by atomic mass is 9.80. The summed E-state index contributed by atoms with van der Waals surface area (Å²) in [6.07, 6.45) is 3.05. The van der Waals surface area contributed by atoms with Crippen molar-refractivity contribution in [3.05, 3.63) is 17.2 Å². The lowest BCUT2D eigenvalue weighted by molar-refractivity contribution is -0.922. The van der Waals surface area contributed by atoms with Crippen LogP contribution in [-0.4, -0.2) is 57.0 Å². The fourth-order valence-electron chi connectivity index (χ4n) is 4.98. The first-order valence-electron chi connectivity index (χ1n) is 10.2. The standard InChI is InChI=1S/C22H32NO5/c1-22(2)12-15(7-9-28-22)17(24)11-16-19-14(6-8-23(16,3)4)10-18-20(21(19)25-5)27-13-26-18/h10,15-16H,6-9,11-13H2,1-5H3/q+1/t15-,16-/m1/s1. The molecular formula is C22H32NO5+. The Morgan fingerprint density at radius 3 is 2.82 bits per heavy atom. The van der Waals surface area contributed by atoms with Gasteiger partial charge in [0.15, 0.2) is 11.5 Å². The summed E-state index contributed by atoms with van der Waals surface area (Å²) in [6.45, 7) is 6.00. The zero-order valence-electron chi connectivity index (χ0n) is 17.7. The number of ether oxygens (including phenoxy) is 4. The maximum atomic E-state index is 13.3. The maximum Gasteiger partial charge on any atom is 0.231 e. The molecule has 0 radical (unpaired) electrons. The molecule has 3 heterocycles. The van der Waals surface area contributed by atoms with E-state index in [1.807, 2.05) is 0 Å². The first-order chi connectivity index (χ1) is 13.2. The monoisotopic (exact) mass is 390 g/mol. The van der Waals surface area contributed by atoms with Gasteiger partial charge in [0.25, 0.3) is 0 Å². The molecule has 2 atom stereocenters. The normalized spacial score (nSPS) is 27.2. The third-order valence-electron chi connectivity index (χ3n) is 6.63. The molecule has 0 spiro atoms. The molecule has 1 aromatic carbocycles. The third-order valence-corrected chi connectivity index (χ3v) is 6.63. The van der Waals surface area contributed by atoms with Gasteiger partial charge in [-0.15, -0.1) is 0 Å². The molecule has 154 valence electrons. The van der Waals surface area contributed by atoms with Crippen molar-refractivity contribution < 1.29 is 28.2 Å². The summed E-state index contributed by atoms with van der Waals surface area (Å²) < 4.78 is 23.7. The van der Waals surface area contributed by atoms with Gasteiger partial charge in [0, 0.05) is 18.9 Å². The zero-order valence-corrected chi connectivity index (χ0v) is 17.7. The topological polar surface area (TPSA) is 54.0 Å². The Balaban J connectivity index is 1.68. The van der Waals surface area contributed by atoms with Crippen LogP contribution in [0.4, 0.5) is 0 Å². The van der Waals surface area contributed by atoms with E-state index in [2.05, 4.69) is 34.0 Å². The maximum absolute atomic E-state index is 13.3. The first-order valence-corrected chi connectivity index (χ1v) is 10.2. The highest BCUT2D eigenvalue weighted by Crippen LogP contribution is 2.51. The van der Waals surface area contributed by atoms with Crippen LogP contribution in [0.1, 0.15) is 50.3 Å². The molecule has 0 saturated carbocycles. The van der Waals surface area contributed by atoms with Gasteiger partial charge < -0.3 is 23.4 Å². The van der Waals surface area contributed by atoms with E-state index in [1.54, 1.807) is 7.11 Å². The van der Waals surface area contributed by atoms with Gasteiger partial charge in [-0.25, -0.2) is 0 Å². The number of likely N-dealkylation sites (N-methyl/N-ethyl adjacent to an activating group) is 1. The second kappa shape index (κ2) is 6.92. The van der Waals surface area contributed by atoms with Crippen LogP contribution in [0.15, 0.2) is 6.07 Å². The number of carbonyl (C=O) groups is 1. The number of Topliss-reactive ketones (excluding diaryl/α,β-unsaturated/α-hetero) is 1. The highest BCUT2D eigenvalue weighted by molar-refractivity contribution is 5.82. The van der Waals surface area contributed by atoms with Crippen molar-refractivity contribution in [2.75, 3.05) is 41.1 Å². The van der Waals surface area contributed by atoms with Gasteiger partial charge in [-0.05, 0) is 38.3 Å². The number of hydrogen-bond acceptors (Lipinski definition) is 5. The molecule has 1 saturated heterocycles. The van der Waals surface area contributed by atoms with Crippen LogP contribution >= 0.6 is 0 Å². The predicted molar refractivity (Wildman–Crippen MR) is 105 cm³/mol. The summed E-state index contributed by atoms with van der Waals surface area (Å²) in [5, 5.41) is 0. The third kappa shape index (κ3) is 3.37. The molecule has 6 heteroatoms. The van der Waals surface area contributed by atoms with Crippen LogP contribution in [0.3, 0.4) is 0 Å². The molecule has 1 fully saturated rings. The van der Waals surface area contributed by atoms with Gasteiger partial charge in [0.1, 0.15) is 11.8 Å². The molecule has 0 amide bonds. The smallest absolute Gasteiger partial charge is 0.231 e. The second-order valence-electron chi connectivity index (χ2n) is 9.45. The molecule has 0 bridgehead atoms. The van der Waals surface area contributed by atoms with Gasteiger partial charge in [0.05, 0.1) is 45.3 Å². The minimum absolute atomic E-state index is 0.0478. The van der Waals surface area contributed by atoms with Crippen molar-refractivity contribution in [3.8, 4) is 17.2 Å². The van der Waals surface area contributed by atoms with Crippen molar-refractivity contribution in [2.24, 2.45) is 5.92 Å². The van der Waals surface area contributed by atoms with Crippen molar-refractivity contribution in [2.45, 2.75) is 51.2 Å². The van der Waals surface area contributed by atoms with Crippen molar-refractivity contribution in [1.82, 2.24) is 0 Å². The molecule has 0 unspecified atom stereocenters. The summed E-state index contributed by atoms with van der Waals surface area (Å²) in [6, 6.07) is 2.13. The van der Waals surface area contributed by atoms with E-state index in [4.69, 9.17) is 18.9 Å². The molecule has 0 N–H and O–H groups in total. The number of hydrogen-bond donors (Lipinski definition) is 0. The number of fused-ring (bicyclic) bond motifs is 2. The molecule has 4 rings (SSSR count). The van der Waals surface area contributed by atoms with Crippen LogP contribution < -0.4 is 14.2 Å². The lowest BCUT2D eigenvalue weighted by Gasteiger charge is -2.44. The summed E-state index contributed by atoms with van der Waals surface area (Å²) >= 11 is 0. The minimum Gasteiger partial charge on any atom is -0.492 e. The van der Waals surface area contributed by atoms with E-state index < -0.39 is 0 Å². The van der Waals surface area contributed by atoms with Crippen LogP contribution in [-0.2, 0) is 16.0 Å². The first kappa shape index (κ1) is 19.5. The quantitative estimate of drug-likeness (QED) is 0.739. The zero-order chi connectivity index (χ0) is 20.1. The Morgan fingerprint density at radius 2 is 2.11 bits per heavy atom. The molecule has 6 nitrogen and oxygen atoms in total. The Kier molecular flexibility index (Phi) is 4.82.